The lowest BCUT2D eigenvalue weighted by Crippen LogP contribution is -2.39. The van der Waals surface area contributed by atoms with Gasteiger partial charge in [0, 0.05) is 29.8 Å². The summed E-state index contributed by atoms with van der Waals surface area (Å²) in [5.41, 5.74) is 2.50. The fourth-order valence-electron chi connectivity index (χ4n) is 3.16. The lowest BCUT2D eigenvalue weighted by atomic mass is 10.1. The molecule has 0 bridgehead atoms. The molecule has 0 aliphatic rings. The smallest absolute Gasteiger partial charge is 0.243 e. The molecule has 0 heterocycles. The Bertz CT molecular complexity index is 974. The Morgan fingerprint density at radius 3 is 2.23 bits per heavy atom. The minimum Gasteiger partial charge on any atom is -0.324 e. The summed E-state index contributed by atoms with van der Waals surface area (Å²) >= 11 is 6.01. The van der Waals surface area contributed by atoms with Gasteiger partial charge in [0.25, 0.3) is 0 Å². The molecule has 2 rings (SSSR count). The molecule has 2 unspecified atom stereocenters. The van der Waals surface area contributed by atoms with E-state index in [1.54, 1.807) is 43.3 Å². The van der Waals surface area contributed by atoms with Gasteiger partial charge in [0.2, 0.25) is 15.9 Å². The van der Waals surface area contributed by atoms with Crippen molar-refractivity contribution in [3.8, 4) is 0 Å². The Balaban J connectivity index is 2.05. The van der Waals surface area contributed by atoms with Crippen LogP contribution in [0.15, 0.2) is 47.4 Å². The summed E-state index contributed by atoms with van der Waals surface area (Å²) in [6.07, 6.45) is 0. The first kappa shape index (κ1) is 24.3. The number of rotatable bonds is 9. The van der Waals surface area contributed by atoms with Gasteiger partial charge in [-0.1, -0.05) is 43.6 Å². The summed E-state index contributed by atoms with van der Waals surface area (Å²) in [7, 11) is -3.48. The van der Waals surface area contributed by atoms with E-state index in [1.807, 2.05) is 33.8 Å². The second-order valence-corrected chi connectivity index (χ2v) is 9.59. The molecule has 0 fully saturated rings. The van der Waals surface area contributed by atoms with Crippen LogP contribution in [-0.2, 0) is 14.8 Å². The quantitative estimate of drug-likeness (QED) is 0.593. The topological polar surface area (TPSA) is 78.5 Å². The van der Waals surface area contributed by atoms with Crippen LogP contribution in [0, 0.1) is 6.92 Å². The minimum absolute atomic E-state index is 0.142. The van der Waals surface area contributed by atoms with Crippen LogP contribution < -0.4 is 10.6 Å². The lowest BCUT2D eigenvalue weighted by Gasteiger charge is -2.22. The first-order valence-electron chi connectivity index (χ1n) is 10.0. The monoisotopic (exact) mass is 451 g/mol. The Kier molecular flexibility index (Phi) is 8.43. The van der Waals surface area contributed by atoms with Crippen molar-refractivity contribution in [2.75, 3.05) is 18.4 Å². The molecular weight excluding hydrogens is 422 g/mol. The van der Waals surface area contributed by atoms with Gasteiger partial charge in [-0.15, -0.1) is 0 Å². The van der Waals surface area contributed by atoms with Crippen molar-refractivity contribution in [3.63, 3.8) is 0 Å². The predicted molar refractivity (Wildman–Crippen MR) is 122 cm³/mol. The maximum absolute atomic E-state index is 12.6. The zero-order valence-corrected chi connectivity index (χ0v) is 19.6. The van der Waals surface area contributed by atoms with Crippen LogP contribution in [0.4, 0.5) is 5.69 Å². The highest BCUT2D eigenvalue weighted by atomic mass is 35.5. The van der Waals surface area contributed by atoms with Crippen LogP contribution in [0.5, 0.6) is 0 Å². The number of aryl methyl sites for hydroxylation is 1. The fourth-order valence-corrected chi connectivity index (χ4v) is 4.79. The average molecular weight is 452 g/mol. The number of nitrogens with one attached hydrogen (secondary N) is 2. The highest BCUT2D eigenvalue weighted by Crippen LogP contribution is 2.22. The van der Waals surface area contributed by atoms with Crippen molar-refractivity contribution < 1.29 is 13.2 Å². The normalized spacial score (nSPS) is 13.8. The highest BCUT2D eigenvalue weighted by molar-refractivity contribution is 7.89. The van der Waals surface area contributed by atoms with Crippen molar-refractivity contribution in [1.29, 1.82) is 0 Å². The van der Waals surface area contributed by atoms with Crippen molar-refractivity contribution in [1.82, 2.24) is 9.62 Å². The number of anilines is 1. The number of nitrogens with zero attached hydrogens (tertiary/aromatic N) is 1. The molecule has 2 aromatic carbocycles. The van der Waals surface area contributed by atoms with Gasteiger partial charge < -0.3 is 5.32 Å². The standard InChI is InChI=1S/C22H30ClN3O3S/c1-6-26(7-2)30(28,29)20-12-9-18(10-13-20)16(4)24-17(5)22(27)25-21-14-19(23)11-8-15(21)3/h8-14,16-17,24H,6-7H2,1-5H3,(H,25,27). The number of benzene rings is 2. The molecule has 2 atom stereocenters. The first-order chi connectivity index (χ1) is 14.1. The number of halogens is 1. The summed E-state index contributed by atoms with van der Waals surface area (Å²) in [5.74, 6) is -0.173. The average Bonchev–Trinajstić information content (AvgIpc) is 2.71. The van der Waals surface area contributed by atoms with Gasteiger partial charge in [0.15, 0.2) is 0 Å². The molecule has 2 N–H and O–H groups in total. The van der Waals surface area contributed by atoms with Gasteiger partial charge in [0.05, 0.1) is 10.9 Å². The highest BCUT2D eigenvalue weighted by Gasteiger charge is 2.22. The zero-order valence-electron chi connectivity index (χ0n) is 18.1. The molecule has 0 aliphatic carbocycles. The number of carbonyl (C=O) groups is 1. The second kappa shape index (κ2) is 10.4. The van der Waals surface area contributed by atoms with Crippen molar-refractivity contribution in [3.05, 3.63) is 58.6 Å². The summed E-state index contributed by atoms with van der Waals surface area (Å²) in [6.45, 7) is 10.1. The van der Waals surface area contributed by atoms with Crippen molar-refractivity contribution in [2.24, 2.45) is 0 Å². The van der Waals surface area contributed by atoms with Gasteiger partial charge in [-0.05, 0) is 56.2 Å². The van der Waals surface area contributed by atoms with Crippen LogP contribution in [0.2, 0.25) is 5.02 Å². The Hall–Kier alpha value is -1.93. The zero-order chi connectivity index (χ0) is 22.5. The van der Waals surface area contributed by atoms with E-state index in [-0.39, 0.29) is 16.8 Å². The van der Waals surface area contributed by atoms with Crippen LogP contribution in [0.25, 0.3) is 0 Å². The van der Waals surface area contributed by atoms with Gasteiger partial charge in [-0.3, -0.25) is 10.1 Å². The number of sulfonamides is 1. The van der Waals surface area contributed by atoms with Crippen LogP contribution >= 0.6 is 11.6 Å². The molecule has 0 spiro atoms. The van der Waals surface area contributed by atoms with Crippen molar-refractivity contribution >= 4 is 33.2 Å². The van der Waals surface area contributed by atoms with E-state index < -0.39 is 16.1 Å². The van der Waals surface area contributed by atoms with Crippen LogP contribution in [0.3, 0.4) is 0 Å². The lowest BCUT2D eigenvalue weighted by molar-refractivity contribution is -0.117. The van der Waals surface area contributed by atoms with Gasteiger partial charge in [-0.25, -0.2) is 8.42 Å². The number of hydrogen-bond donors (Lipinski definition) is 2. The van der Waals surface area contributed by atoms with Crippen LogP contribution in [-0.4, -0.2) is 37.8 Å². The first-order valence-corrected chi connectivity index (χ1v) is 11.8. The van der Waals surface area contributed by atoms with E-state index in [4.69, 9.17) is 11.6 Å². The maximum atomic E-state index is 12.6. The minimum atomic E-state index is -3.48. The molecule has 1 amide bonds. The van der Waals surface area contributed by atoms with Gasteiger partial charge >= 0.3 is 0 Å². The summed E-state index contributed by atoms with van der Waals surface area (Å²) < 4.78 is 26.7. The summed E-state index contributed by atoms with van der Waals surface area (Å²) in [4.78, 5) is 12.8. The fraction of sp³-hybridized carbons (Fsp3) is 0.409. The second-order valence-electron chi connectivity index (χ2n) is 7.22. The Morgan fingerprint density at radius 2 is 1.67 bits per heavy atom. The third kappa shape index (κ3) is 5.82. The number of carbonyl (C=O) groups excluding carboxylic acids is 1. The summed E-state index contributed by atoms with van der Waals surface area (Å²) in [5, 5.41) is 6.70. The van der Waals surface area contributed by atoms with Crippen molar-refractivity contribution in [2.45, 2.75) is 51.6 Å². The maximum Gasteiger partial charge on any atom is 0.243 e. The van der Waals surface area contributed by atoms with E-state index >= 15 is 0 Å². The van der Waals surface area contributed by atoms with E-state index in [0.29, 0.717) is 23.8 Å². The Morgan fingerprint density at radius 1 is 1.07 bits per heavy atom. The number of amides is 1. The molecule has 0 aromatic heterocycles. The molecule has 6 nitrogen and oxygen atoms in total. The molecule has 0 saturated heterocycles. The summed E-state index contributed by atoms with van der Waals surface area (Å²) in [6, 6.07) is 11.5. The van der Waals surface area contributed by atoms with E-state index in [0.717, 1.165) is 11.1 Å². The molecule has 0 radical (unpaired) electrons. The van der Waals surface area contributed by atoms with E-state index in [9.17, 15) is 13.2 Å². The molecule has 2 aromatic rings. The largest absolute Gasteiger partial charge is 0.324 e. The number of hydrogen-bond acceptors (Lipinski definition) is 4. The van der Waals surface area contributed by atoms with Gasteiger partial charge in [0.1, 0.15) is 0 Å². The third-order valence-corrected chi connectivity index (χ3v) is 7.37. The molecule has 30 heavy (non-hydrogen) atoms. The molecule has 0 aliphatic heterocycles. The van der Waals surface area contributed by atoms with E-state index in [1.165, 1.54) is 4.31 Å². The van der Waals surface area contributed by atoms with Gasteiger partial charge in [-0.2, -0.15) is 4.31 Å². The van der Waals surface area contributed by atoms with E-state index in [2.05, 4.69) is 10.6 Å². The van der Waals surface area contributed by atoms with Crippen LogP contribution in [0.1, 0.15) is 44.9 Å². The molecule has 8 heteroatoms. The molecular formula is C22H30ClN3O3S. The molecule has 0 saturated carbocycles. The third-order valence-electron chi connectivity index (χ3n) is 5.07. The molecule has 164 valence electrons. The Labute approximate surface area is 184 Å². The SMILES string of the molecule is CCN(CC)S(=O)(=O)c1ccc(C(C)NC(C)C(=O)Nc2cc(Cl)ccc2C)cc1. The predicted octanol–water partition coefficient (Wildman–Crippen LogP) is 4.36.